The lowest BCUT2D eigenvalue weighted by Gasteiger charge is -2.12. The first-order chi connectivity index (χ1) is 12.9. The summed E-state index contributed by atoms with van der Waals surface area (Å²) in [6.07, 6.45) is 7.24. The van der Waals surface area contributed by atoms with Crippen molar-refractivity contribution in [2.45, 2.75) is 17.7 Å². The maximum atomic E-state index is 12.1. The summed E-state index contributed by atoms with van der Waals surface area (Å²) in [4.78, 5) is 4.54. The SMILES string of the molecule is COc1nccc2c(-c3cc(S(C)(=O)=O)ccc3OCC3CC3)cn(C)c12. The number of ether oxygens (including phenoxy) is 2. The van der Waals surface area contributed by atoms with Gasteiger partial charge in [0.2, 0.25) is 5.88 Å². The largest absolute Gasteiger partial charge is 0.493 e. The van der Waals surface area contributed by atoms with Crippen LogP contribution in [0.3, 0.4) is 0 Å². The van der Waals surface area contributed by atoms with Crippen molar-refractivity contribution in [2.75, 3.05) is 20.0 Å². The van der Waals surface area contributed by atoms with E-state index in [9.17, 15) is 8.42 Å². The Balaban J connectivity index is 1.92. The van der Waals surface area contributed by atoms with Crippen LogP contribution in [0.5, 0.6) is 11.6 Å². The average molecular weight is 386 g/mol. The summed E-state index contributed by atoms with van der Waals surface area (Å²) >= 11 is 0. The fraction of sp³-hybridized carbons (Fsp3) is 0.350. The van der Waals surface area contributed by atoms with E-state index in [2.05, 4.69) is 4.98 Å². The van der Waals surface area contributed by atoms with Crippen molar-refractivity contribution < 1.29 is 17.9 Å². The molecule has 4 rings (SSSR count). The zero-order chi connectivity index (χ0) is 19.2. The Morgan fingerprint density at radius 1 is 1.22 bits per heavy atom. The van der Waals surface area contributed by atoms with E-state index in [4.69, 9.17) is 9.47 Å². The van der Waals surface area contributed by atoms with Crippen LogP contribution in [0, 0.1) is 5.92 Å². The number of rotatable bonds is 6. The van der Waals surface area contributed by atoms with Gasteiger partial charge in [-0.15, -0.1) is 0 Å². The molecule has 27 heavy (non-hydrogen) atoms. The summed E-state index contributed by atoms with van der Waals surface area (Å²) in [5.74, 6) is 1.82. The number of hydrogen-bond acceptors (Lipinski definition) is 5. The summed E-state index contributed by atoms with van der Waals surface area (Å²) in [6.45, 7) is 0.654. The van der Waals surface area contributed by atoms with Crippen LogP contribution in [0.2, 0.25) is 0 Å². The van der Waals surface area contributed by atoms with E-state index >= 15 is 0 Å². The Labute approximate surface area is 158 Å². The van der Waals surface area contributed by atoms with Crippen LogP contribution < -0.4 is 9.47 Å². The van der Waals surface area contributed by atoms with Crippen LogP contribution in [0.25, 0.3) is 22.0 Å². The van der Waals surface area contributed by atoms with Gasteiger partial charge in [-0.1, -0.05) is 0 Å². The molecule has 1 fully saturated rings. The lowest BCUT2D eigenvalue weighted by molar-refractivity contribution is 0.301. The van der Waals surface area contributed by atoms with Crippen molar-refractivity contribution in [3.8, 4) is 22.8 Å². The third kappa shape index (κ3) is 3.39. The molecule has 0 bridgehead atoms. The summed E-state index contributed by atoms with van der Waals surface area (Å²) < 4.78 is 37.6. The fourth-order valence-electron chi connectivity index (χ4n) is 3.25. The number of aryl methyl sites for hydroxylation is 1. The van der Waals surface area contributed by atoms with Crippen LogP contribution in [0.4, 0.5) is 0 Å². The van der Waals surface area contributed by atoms with E-state index in [0.29, 0.717) is 24.2 Å². The van der Waals surface area contributed by atoms with E-state index in [-0.39, 0.29) is 4.90 Å². The summed E-state index contributed by atoms with van der Waals surface area (Å²) in [7, 11) is 0.176. The van der Waals surface area contributed by atoms with Crippen molar-refractivity contribution >= 4 is 20.7 Å². The number of aromatic nitrogens is 2. The Bertz CT molecular complexity index is 1110. The minimum Gasteiger partial charge on any atom is -0.493 e. The van der Waals surface area contributed by atoms with Gasteiger partial charge in [-0.05, 0) is 43.0 Å². The highest BCUT2D eigenvalue weighted by molar-refractivity contribution is 7.90. The molecule has 0 saturated heterocycles. The molecule has 7 heteroatoms. The summed E-state index contributed by atoms with van der Waals surface area (Å²) in [5, 5.41) is 0.936. The van der Waals surface area contributed by atoms with Gasteiger partial charge in [-0.25, -0.2) is 13.4 Å². The van der Waals surface area contributed by atoms with Gasteiger partial charge in [0.15, 0.2) is 9.84 Å². The van der Waals surface area contributed by atoms with Gasteiger partial charge < -0.3 is 14.0 Å². The minimum atomic E-state index is -3.33. The molecule has 0 N–H and O–H groups in total. The molecule has 0 atom stereocenters. The maximum Gasteiger partial charge on any atom is 0.238 e. The molecule has 2 heterocycles. The highest BCUT2D eigenvalue weighted by Gasteiger charge is 2.24. The third-order valence-corrected chi connectivity index (χ3v) is 6.00. The van der Waals surface area contributed by atoms with Gasteiger partial charge in [0.05, 0.1) is 18.6 Å². The highest BCUT2D eigenvalue weighted by Crippen LogP contribution is 2.40. The second-order valence-corrected chi connectivity index (χ2v) is 9.07. The molecule has 2 aromatic heterocycles. The molecular formula is C20H22N2O4S. The molecule has 3 aromatic rings. The minimum absolute atomic E-state index is 0.272. The van der Waals surface area contributed by atoms with Crippen LogP contribution in [-0.2, 0) is 16.9 Å². The zero-order valence-electron chi connectivity index (χ0n) is 15.6. The molecule has 6 nitrogen and oxygen atoms in total. The number of fused-ring (bicyclic) bond motifs is 1. The van der Waals surface area contributed by atoms with Crippen molar-refractivity contribution in [2.24, 2.45) is 13.0 Å². The van der Waals surface area contributed by atoms with E-state index in [1.54, 1.807) is 31.5 Å². The van der Waals surface area contributed by atoms with Crippen molar-refractivity contribution in [3.63, 3.8) is 0 Å². The number of methoxy groups -OCH3 is 1. The molecule has 0 aliphatic heterocycles. The molecule has 1 aliphatic rings. The van der Waals surface area contributed by atoms with Crippen molar-refractivity contribution in [3.05, 3.63) is 36.7 Å². The molecule has 0 amide bonds. The smallest absolute Gasteiger partial charge is 0.238 e. The fourth-order valence-corrected chi connectivity index (χ4v) is 3.90. The highest BCUT2D eigenvalue weighted by atomic mass is 32.2. The van der Waals surface area contributed by atoms with E-state index in [0.717, 1.165) is 22.0 Å². The van der Waals surface area contributed by atoms with E-state index < -0.39 is 9.84 Å². The van der Waals surface area contributed by atoms with Gasteiger partial charge >= 0.3 is 0 Å². The van der Waals surface area contributed by atoms with Crippen LogP contribution in [0.15, 0.2) is 41.6 Å². The first kappa shape index (κ1) is 17.9. The van der Waals surface area contributed by atoms with E-state index in [1.807, 2.05) is 23.9 Å². The molecule has 1 aromatic carbocycles. The first-order valence-electron chi connectivity index (χ1n) is 8.84. The lowest BCUT2D eigenvalue weighted by atomic mass is 10.0. The number of sulfone groups is 1. The Hall–Kier alpha value is -2.54. The zero-order valence-corrected chi connectivity index (χ0v) is 16.4. The van der Waals surface area contributed by atoms with Crippen LogP contribution in [0.1, 0.15) is 12.8 Å². The van der Waals surface area contributed by atoms with Gasteiger partial charge in [-0.2, -0.15) is 0 Å². The molecule has 0 radical (unpaired) electrons. The molecule has 1 aliphatic carbocycles. The second kappa shape index (κ2) is 6.56. The predicted octanol–water partition coefficient (Wildman–Crippen LogP) is 3.44. The normalized spacial score (nSPS) is 14.5. The van der Waals surface area contributed by atoms with Gasteiger partial charge in [0.1, 0.15) is 11.3 Å². The predicted molar refractivity (Wildman–Crippen MR) is 104 cm³/mol. The Kier molecular flexibility index (Phi) is 4.34. The second-order valence-electron chi connectivity index (χ2n) is 7.05. The molecule has 0 unspecified atom stereocenters. The first-order valence-corrected chi connectivity index (χ1v) is 10.7. The molecule has 1 saturated carbocycles. The summed E-state index contributed by atoms with van der Waals surface area (Å²) in [5.41, 5.74) is 2.51. The topological polar surface area (TPSA) is 70.4 Å². The number of benzene rings is 1. The summed E-state index contributed by atoms with van der Waals surface area (Å²) in [6, 6.07) is 6.96. The van der Waals surface area contributed by atoms with Crippen molar-refractivity contribution in [1.82, 2.24) is 9.55 Å². The molecule has 142 valence electrons. The van der Waals surface area contributed by atoms with Gasteiger partial charge in [-0.3, -0.25) is 0 Å². The Morgan fingerprint density at radius 2 is 2.00 bits per heavy atom. The average Bonchev–Trinajstić information content (AvgIpc) is 3.41. The maximum absolute atomic E-state index is 12.1. The van der Waals surface area contributed by atoms with E-state index in [1.165, 1.54) is 19.1 Å². The lowest BCUT2D eigenvalue weighted by Crippen LogP contribution is -2.02. The number of nitrogens with zero attached hydrogens (tertiary/aromatic N) is 2. The van der Waals surface area contributed by atoms with Crippen LogP contribution >= 0.6 is 0 Å². The number of hydrogen-bond donors (Lipinski definition) is 0. The standard InChI is InChI=1S/C20H22N2O4S/c1-22-11-17(15-8-9-21-20(25-2)19(15)22)16-10-14(27(3,23)24)6-7-18(16)26-12-13-4-5-13/h6-11,13H,4-5,12H2,1-3H3. The molecule has 0 spiro atoms. The monoisotopic (exact) mass is 386 g/mol. The third-order valence-electron chi connectivity index (χ3n) is 4.89. The quantitative estimate of drug-likeness (QED) is 0.649. The number of pyridine rings is 1. The van der Waals surface area contributed by atoms with Gasteiger partial charge in [0, 0.05) is 42.2 Å². The van der Waals surface area contributed by atoms with Crippen LogP contribution in [-0.4, -0.2) is 37.9 Å². The van der Waals surface area contributed by atoms with Gasteiger partial charge in [0.25, 0.3) is 0 Å². The Morgan fingerprint density at radius 3 is 2.67 bits per heavy atom. The van der Waals surface area contributed by atoms with Crippen molar-refractivity contribution in [1.29, 1.82) is 0 Å². The molecular weight excluding hydrogens is 364 g/mol.